The van der Waals surface area contributed by atoms with E-state index in [1.165, 1.54) is 58.3 Å². The van der Waals surface area contributed by atoms with Crippen molar-refractivity contribution < 1.29 is 0 Å². The van der Waals surface area contributed by atoms with E-state index in [1.54, 1.807) is 0 Å². The van der Waals surface area contributed by atoms with Crippen molar-refractivity contribution >= 4 is 75.1 Å². The Kier molecular flexibility index (Phi) is 5.51. The van der Waals surface area contributed by atoms with Crippen molar-refractivity contribution in [3.8, 4) is 28.6 Å². The van der Waals surface area contributed by atoms with Crippen LogP contribution >= 0.6 is 11.3 Å². The monoisotopic (exact) mass is 615 g/mol. The molecule has 3 heterocycles. The number of aromatic nitrogens is 2. The highest BCUT2D eigenvalue weighted by Crippen LogP contribution is 2.43. The molecule has 10 aromatic rings. The number of thiophene rings is 1. The summed E-state index contributed by atoms with van der Waals surface area (Å²) in [6.07, 6.45) is 0. The van der Waals surface area contributed by atoms with Gasteiger partial charge >= 0.3 is 0 Å². The number of para-hydroxylation sites is 3. The number of fused-ring (bicyclic) bond motifs is 10. The molecule has 0 amide bonds. The molecule has 0 saturated heterocycles. The Hall–Kier alpha value is -6.15. The standard InChI is InChI=1S/C43H25N3S/c44-26-28-25-30(46-39-15-7-3-11-34(39)35-23-24-41-42(43(35)46)36-12-4-8-16-40(36)47-41)21-22-31(28)27-17-19-29(20-18-27)45-37-13-5-1-9-32(37)33-10-2-6-14-38(33)45/h1-25H. The predicted molar refractivity (Wildman–Crippen MR) is 198 cm³/mol. The van der Waals surface area contributed by atoms with Gasteiger partial charge in [-0.1, -0.05) is 97.1 Å². The Bertz CT molecular complexity index is 2860. The summed E-state index contributed by atoms with van der Waals surface area (Å²) in [6, 6.07) is 56.3. The fraction of sp³-hybridized carbons (Fsp3) is 0. The molecule has 47 heavy (non-hydrogen) atoms. The summed E-state index contributed by atoms with van der Waals surface area (Å²) in [4.78, 5) is 0. The molecule has 0 aliphatic carbocycles. The second-order valence-electron chi connectivity index (χ2n) is 12.0. The van der Waals surface area contributed by atoms with Crippen LogP contribution < -0.4 is 0 Å². The van der Waals surface area contributed by atoms with Gasteiger partial charge in [0.05, 0.1) is 33.7 Å². The SMILES string of the molecule is N#Cc1cc(-n2c3ccccc3c3ccc4sc5ccccc5c4c32)ccc1-c1ccc(-n2c3ccccc3c3ccccc32)cc1. The first kappa shape index (κ1) is 26.1. The van der Waals surface area contributed by atoms with Crippen molar-refractivity contribution in [1.29, 1.82) is 5.26 Å². The van der Waals surface area contributed by atoms with Gasteiger partial charge in [0.25, 0.3) is 0 Å². The first-order valence-electron chi connectivity index (χ1n) is 15.8. The van der Waals surface area contributed by atoms with Crippen molar-refractivity contribution in [2.75, 3.05) is 0 Å². The minimum atomic E-state index is 0.653. The smallest absolute Gasteiger partial charge is 0.0998 e. The van der Waals surface area contributed by atoms with Gasteiger partial charge in [0, 0.05) is 53.1 Å². The Morgan fingerprint density at radius 1 is 0.468 bits per heavy atom. The van der Waals surface area contributed by atoms with Gasteiger partial charge in [0.2, 0.25) is 0 Å². The molecule has 0 atom stereocenters. The van der Waals surface area contributed by atoms with Gasteiger partial charge in [-0.15, -0.1) is 11.3 Å². The van der Waals surface area contributed by atoms with E-state index in [9.17, 15) is 5.26 Å². The fourth-order valence-corrected chi connectivity index (χ4v) is 8.65. The molecule has 0 aliphatic rings. The lowest BCUT2D eigenvalue weighted by Gasteiger charge is -2.13. The van der Waals surface area contributed by atoms with Crippen molar-refractivity contribution in [3.05, 3.63) is 157 Å². The normalized spacial score (nSPS) is 11.8. The molecule has 0 bridgehead atoms. The average Bonchev–Trinajstić information content (AvgIpc) is 3.79. The van der Waals surface area contributed by atoms with Crippen molar-refractivity contribution in [2.45, 2.75) is 0 Å². The molecule has 0 aliphatic heterocycles. The lowest BCUT2D eigenvalue weighted by Crippen LogP contribution is -1.97. The largest absolute Gasteiger partial charge is 0.309 e. The molecule has 0 N–H and O–H groups in total. The Morgan fingerprint density at radius 3 is 1.72 bits per heavy atom. The summed E-state index contributed by atoms with van der Waals surface area (Å²) in [6.45, 7) is 0. The van der Waals surface area contributed by atoms with Crippen LogP contribution in [0.3, 0.4) is 0 Å². The second-order valence-corrected chi connectivity index (χ2v) is 13.1. The van der Waals surface area contributed by atoms with E-state index in [-0.39, 0.29) is 0 Å². The van der Waals surface area contributed by atoms with E-state index in [0.29, 0.717) is 5.56 Å². The number of nitriles is 1. The van der Waals surface area contributed by atoms with Gasteiger partial charge in [0.1, 0.15) is 0 Å². The maximum Gasteiger partial charge on any atom is 0.0998 e. The molecule has 7 aromatic carbocycles. The minimum absolute atomic E-state index is 0.653. The summed E-state index contributed by atoms with van der Waals surface area (Å²) < 4.78 is 7.22. The molecule has 10 rings (SSSR count). The van der Waals surface area contributed by atoms with E-state index < -0.39 is 0 Å². The Morgan fingerprint density at radius 2 is 1.04 bits per heavy atom. The molecule has 3 nitrogen and oxygen atoms in total. The summed E-state index contributed by atoms with van der Waals surface area (Å²) in [7, 11) is 0. The van der Waals surface area contributed by atoms with Gasteiger partial charge in [-0.2, -0.15) is 5.26 Å². The third-order valence-electron chi connectivity index (χ3n) is 9.57. The van der Waals surface area contributed by atoms with E-state index in [4.69, 9.17) is 0 Å². The maximum atomic E-state index is 10.5. The molecule has 0 unspecified atom stereocenters. The molecule has 3 aromatic heterocycles. The second kappa shape index (κ2) is 9.92. The van der Waals surface area contributed by atoms with Crippen LogP contribution in [0.2, 0.25) is 0 Å². The first-order valence-corrected chi connectivity index (χ1v) is 16.6. The quantitative estimate of drug-likeness (QED) is 0.195. The predicted octanol–water partition coefficient (Wildman–Crippen LogP) is 11.8. The van der Waals surface area contributed by atoms with Crippen LogP contribution in [-0.2, 0) is 0 Å². The maximum absolute atomic E-state index is 10.5. The molecule has 0 radical (unpaired) electrons. The minimum Gasteiger partial charge on any atom is -0.309 e. The van der Waals surface area contributed by atoms with E-state index in [0.717, 1.165) is 28.0 Å². The Balaban J connectivity index is 1.15. The highest BCUT2D eigenvalue weighted by Gasteiger charge is 2.19. The molecule has 218 valence electrons. The van der Waals surface area contributed by atoms with Gasteiger partial charge in [-0.05, 0) is 65.7 Å². The number of hydrogen-bond donors (Lipinski definition) is 0. The summed E-state index contributed by atoms with van der Waals surface area (Å²) >= 11 is 1.83. The highest BCUT2D eigenvalue weighted by molar-refractivity contribution is 7.26. The molecular formula is C43H25N3S. The number of hydrogen-bond acceptors (Lipinski definition) is 2. The Labute approximate surface area is 274 Å². The highest BCUT2D eigenvalue weighted by atomic mass is 32.1. The number of rotatable bonds is 3. The van der Waals surface area contributed by atoms with E-state index >= 15 is 0 Å². The van der Waals surface area contributed by atoms with E-state index in [2.05, 4.69) is 167 Å². The third-order valence-corrected chi connectivity index (χ3v) is 10.7. The lowest BCUT2D eigenvalue weighted by atomic mass is 9.99. The lowest BCUT2D eigenvalue weighted by molar-refractivity contribution is 1.18. The molecule has 4 heteroatoms. The fourth-order valence-electron chi connectivity index (χ4n) is 7.54. The molecular weight excluding hydrogens is 591 g/mol. The van der Waals surface area contributed by atoms with Crippen LogP contribution in [0.5, 0.6) is 0 Å². The van der Waals surface area contributed by atoms with Crippen LogP contribution in [0.15, 0.2) is 152 Å². The molecule has 0 saturated carbocycles. The van der Waals surface area contributed by atoms with Gasteiger partial charge in [-0.25, -0.2) is 0 Å². The van der Waals surface area contributed by atoms with Gasteiger partial charge in [0.15, 0.2) is 0 Å². The summed E-state index contributed by atoms with van der Waals surface area (Å²) in [5.41, 5.74) is 9.37. The van der Waals surface area contributed by atoms with Crippen LogP contribution in [-0.4, -0.2) is 9.13 Å². The topological polar surface area (TPSA) is 33.6 Å². The van der Waals surface area contributed by atoms with Crippen molar-refractivity contribution in [2.24, 2.45) is 0 Å². The number of benzene rings is 7. The van der Waals surface area contributed by atoms with Crippen molar-refractivity contribution in [3.63, 3.8) is 0 Å². The summed E-state index contributed by atoms with van der Waals surface area (Å²) in [5, 5.41) is 17.9. The van der Waals surface area contributed by atoms with Gasteiger partial charge < -0.3 is 9.13 Å². The molecule has 0 spiro atoms. The van der Waals surface area contributed by atoms with E-state index in [1.807, 2.05) is 11.3 Å². The first-order chi connectivity index (χ1) is 23.3. The summed E-state index contributed by atoms with van der Waals surface area (Å²) in [5.74, 6) is 0. The van der Waals surface area contributed by atoms with Crippen LogP contribution in [0.1, 0.15) is 5.56 Å². The number of nitrogens with zero attached hydrogens (tertiary/aromatic N) is 3. The molecule has 0 fully saturated rings. The zero-order chi connectivity index (χ0) is 31.1. The van der Waals surface area contributed by atoms with Crippen molar-refractivity contribution in [1.82, 2.24) is 9.13 Å². The zero-order valence-electron chi connectivity index (χ0n) is 25.2. The van der Waals surface area contributed by atoms with Crippen LogP contribution in [0, 0.1) is 11.3 Å². The average molecular weight is 616 g/mol. The zero-order valence-corrected chi connectivity index (χ0v) is 26.0. The van der Waals surface area contributed by atoms with Gasteiger partial charge in [-0.3, -0.25) is 0 Å². The van der Waals surface area contributed by atoms with Crippen LogP contribution in [0.25, 0.3) is 86.3 Å². The van der Waals surface area contributed by atoms with Crippen LogP contribution in [0.4, 0.5) is 0 Å². The third kappa shape index (κ3) is 3.72.